The molecule has 114 valence electrons. The number of aliphatic hydroxyl groups excluding tert-OH is 2. The highest BCUT2D eigenvalue weighted by atomic mass is 16.4. The van der Waals surface area contributed by atoms with Gasteiger partial charge in [0.05, 0.1) is 5.56 Å². The predicted molar refractivity (Wildman–Crippen MR) is 80.7 cm³/mol. The van der Waals surface area contributed by atoms with Crippen LogP contribution in [-0.2, 0) is 13.0 Å². The van der Waals surface area contributed by atoms with Gasteiger partial charge in [0.1, 0.15) is 0 Å². The summed E-state index contributed by atoms with van der Waals surface area (Å²) in [4.78, 5) is 11.5. The summed E-state index contributed by atoms with van der Waals surface area (Å²) in [6, 6.07) is 5.27. The first kappa shape index (κ1) is 15.5. The van der Waals surface area contributed by atoms with Gasteiger partial charge in [-0.15, -0.1) is 0 Å². The molecule has 0 saturated carbocycles. The highest BCUT2D eigenvalue weighted by molar-refractivity contribution is 6.05. The van der Waals surface area contributed by atoms with Crippen molar-refractivity contribution in [2.24, 2.45) is 0 Å². The number of carbonyl (C=O) groups is 1. The van der Waals surface area contributed by atoms with Crippen LogP contribution in [0.2, 0.25) is 0 Å². The summed E-state index contributed by atoms with van der Waals surface area (Å²) in [6.07, 6.45) is 1.88. The van der Waals surface area contributed by atoms with Crippen molar-refractivity contribution < 1.29 is 20.1 Å². The monoisotopic (exact) mass is 291 g/mol. The Labute approximate surface area is 123 Å². The summed E-state index contributed by atoms with van der Waals surface area (Å²) in [6.45, 7) is 2.80. The van der Waals surface area contributed by atoms with Gasteiger partial charge in [-0.3, -0.25) is 0 Å². The Kier molecular flexibility index (Phi) is 4.98. The van der Waals surface area contributed by atoms with E-state index in [1.807, 2.05) is 13.0 Å². The number of hydrogen-bond acceptors (Lipinski definition) is 3. The molecule has 0 unspecified atom stereocenters. The molecule has 0 amide bonds. The third kappa shape index (κ3) is 2.94. The second kappa shape index (κ2) is 6.74. The number of aromatic carboxylic acids is 1. The quantitative estimate of drug-likeness (QED) is 0.728. The van der Waals surface area contributed by atoms with Crippen molar-refractivity contribution in [3.8, 4) is 0 Å². The minimum atomic E-state index is -0.940. The molecule has 2 aromatic rings. The molecule has 1 aromatic carbocycles. The van der Waals surface area contributed by atoms with Crippen LogP contribution in [-0.4, -0.2) is 39.1 Å². The number of aromatic nitrogens is 1. The summed E-state index contributed by atoms with van der Waals surface area (Å²) in [5.74, 6) is -0.940. The second-order valence-corrected chi connectivity index (χ2v) is 5.12. The molecule has 0 saturated heterocycles. The van der Waals surface area contributed by atoms with Gasteiger partial charge in [0, 0.05) is 36.4 Å². The lowest BCUT2D eigenvalue weighted by Crippen LogP contribution is -2.03. The molecule has 0 atom stereocenters. The Morgan fingerprint density at radius 1 is 1.19 bits per heavy atom. The normalized spacial score (nSPS) is 11.2. The second-order valence-electron chi connectivity index (χ2n) is 5.12. The molecule has 21 heavy (non-hydrogen) atoms. The number of fused-ring (bicyclic) bond motifs is 1. The minimum Gasteiger partial charge on any atom is -0.478 e. The molecule has 5 nitrogen and oxygen atoms in total. The number of benzene rings is 1. The molecule has 1 aromatic heterocycles. The number of aliphatic hydroxyl groups is 2. The van der Waals surface area contributed by atoms with E-state index in [4.69, 9.17) is 10.2 Å². The smallest absolute Gasteiger partial charge is 0.336 e. The molecule has 0 radical (unpaired) electrons. The number of hydrogen-bond donors (Lipinski definition) is 3. The maximum Gasteiger partial charge on any atom is 0.336 e. The van der Waals surface area contributed by atoms with Crippen molar-refractivity contribution in [1.82, 2.24) is 4.57 Å². The number of aryl methyl sites for hydroxylation is 2. The SMILES string of the molecule is Cc1c(CCCO)c2c(C(=O)O)cccc2n1CCCO. The fourth-order valence-electron chi connectivity index (χ4n) is 2.86. The van der Waals surface area contributed by atoms with Crippen molar-refractivity contribution >= 4 is 16.9 Å². The van der Waals surface area contributed by atoms with E-state index in [-0.39, 0.29) is 13.2 Å². The lowest BCUT2D eigenvalue weighted by molar-refractivity contribution is 0.0699. The molecule has 1 heterocycles. The first-order valence-electron chi connectivity index (χ1n) is 7.17. The number of rotatable bonds is 7. The Morgan fingerprint density at radius 3 is 2.52 bits per heavy atom. The highest BCUT2D eigenvalue weighted by Crippen LogP contribution is 2.30. The molecular formula is C16H21NO4. The molecule has 0 bridgehead atoms. The van der Waals surface area contributed by atoms with E-state index < -0.39 is 5.97 Å². The summed E-state index contributed by atoms with van der Waals surface area (Å²) < 4.78 is 2.06. The molecule has 0 aliphatic heterocycles. The lowest BCUT2D eigenvalue weighted by Gasteiger charge is -2.07. The number of carboxylic acids is 1. The Hall–Kier alpha value is -1.85. The first-order chi connectivity index (χ1) is 10.1. The summed E-state index contributed by atoms with van der Waals surface area (Å²) in [5, 5.41) is 28.3. The van der Waals surface area contributed by atoms with Crippen LogP contribution in [0.15, 0.2) is 18.2 Å². The van der Waals surface area contributed by atoms with Crippen molar-refractivity contribution in [2.45, 2.75) is 32.7 Å². The zero-order valence-electron chi connectivity index (χ0n) is 12.2. The maximum atomic E-state index is 11.5. The molecule has 3 N–H and O–H groups in total. The predicted octanol–water partition coefficient (Wildman–Crippen LogP) is 1.96. The molecule has 0 aliphatic rings. The topological polar surface area (TPSA) is 82.7 Å². The Balaban J connectivity index is 2.66. The third-order valence-corrected chi connectivity index (χ3v) is 3.83. The van der Waals surface area contributed by atoms with Crippen LogP contribution in [0.3, 0.4) is 0 Å². The van der Waals surface area contributed by atoms with Gasteiger partial charge < -0.3 is 19.9 Å². The summed E-state index contributed by atoms with van der Waals surface area (Å²) >= 11 is 0. The van der Waals surface area contributed by atoms with Gasteiger partial charge in [-0.25, -0.2) is 4.79 Å². The van der Waals surface area contributed by atoms with Gasteiger partial charge >= 0.3 is 5.97 Å². The van der Waals surface area contributed by atoms with Gasteiger partial charge in [0.2, 0.25) is 0 Å². The van der Waals surface area contributed by atoms with Gasteiger partial charge in [-0.05, 0) is 43.9 Å². The van der Waals surface area contributed by atoms with Crippen LogP contribution in [0.5, 0.6) is 0 Å². The maximum absolute atomic E-state index is 11.5. The van der Waals surface area contributed by atoms with Crippen molar-refractivity contribution in [3.63, 3.8) is 0 Å². The van der Waals surface area contributed by atoms with Gasteiger partial charge in [0.15, 0.2) is 0 Å². The van der Waals surface area contributed by atoms with Crippen LogP contribution in [0.4, 0.5) is 0 Å². The molecular weight excluding hydrogens is 270 g/mol. The van der Waals surface area contributed by atoms with Crippen molar-refractivity contribution in [1.29, 1.82) is 0 Å². The lowest BCUT2D eigenvalue weighted by atomic mass is 10.0. The summed E-state index contributed by atoms with van der Waals surface area (Å²) in [7, 11) is 0. The van der Waals surface area contributed by atoms with E-state index in [1.165, 1.54) is 0 Å². The Bertz CT molecular complexity index is 645. The molecule has 0 fully saturated rings. The van der Waals surface area contributed by atoms with Gasteiger partial charge in [0.25, 0.3) is 0 Å². The fourth-order valence-corrected chi connectivity index (χ4v) is 2.86. The van der Waals surface area contributed by atoms with Crippen LogP contribution < -0.4 is 0 Å². The van der Waals surface area contributed by atoms with E-state index in [2.05, 4.69) is 4.57 Å². The zero-order valence-corrected chi connectivity index (χ0v) is 12.2. The van der Waals surface area contributed by atoms with Crippen molar-refractivity contribution in [3.05, 3.63) is 35.0 Å². The van der Waals surface area contributed by atoms with Crippen LogP contribution in [0.25, 0.3) is 10.9 Å². The highest BCUT2D eigenvalue weighted by Gasteiger charge is 2.19. The van der Waals surface area contributed by atoms with E-state index >= 15 is 0 Å². The standard InChI is InChI=1S/C16H21NO4/c1-11-12(6-3-9-18)15-13(16(20)21)5-2-7-14(15)17(11)8-4-10-19/h2,5,7,18-19H,3-4,6,8-10H2,1H3,(H,20,21). The average Bonchev–Trinajstić information content (AvgIpc) is 2.74. The number of carboxylic acid groups (broad SMARTS) is 1. The van der Waals surface area contributed by atoms with Crippen molar-refractivity contribution in [2.75, 3.05) is 13.2 Å². The van der Waals surface area contributed by atoms with Gasteiger partial charge in [-0.1, -0.05) is 6.07 Å². The first-order valence-corrected chi connectivity index (χ1v) is 7.17. The fraction of sp³-hybridized carbons (Fsp3) is 0.438. The van der Waals surface area contributed by atoms with Crippen LogP contribution in [0, 0.1) is 6.92 Å². The Morgan fingerprint density at radius 2 is 1.90 bits per heavy atom. The van der Waals surface area contributed by atoms with Gasteiger partial charge in [-0.2, -0.15) is 0 Å². The van der Waals surface area contributed by atoms with Crippen LogP contribution >= 0.6 is 0 Å². The number of nitrogens with zero attached hydrogens (tertiary/aromatic N) is 1. The van der Waals surface area contributed by atoms with E-state index in [1.54, 1.807) is 12.1 Å². The summed E-state index contributed by atoms with van der Waals surface area (Å²) in [5.41, 5.74) is 3.18. The van der Waals surface area contributed by atoms with E-state index in [9.17, 15) is 9.90 Å². The zero-order chi connectivity index (χ0) is 15.4. The van der Waals surface area contributed by atoms with Crippen LogP contribution in [0.1, 0.15) is 34.5 Å². The van der Waals surface area contributed by atoms with E-state index in [0.29, 0.717) is 31.4 Å². The van der Waals surface area contributed by atoms with E-state index in [0.717, 1.165) is 22.2 Å². The third-order valence-electron chi connectivity index (χ3n) is 3.83. The average molecular weight is 291 g/mol. The molecule has 2 rings (SSSR count). The molecule has 0 aliphatic carbocycles. The molecule has 0 spiro atoms. The molecule has 5 heteroatoms. The largest absolute Gasteiger partial charge is 0.478 e. The minimum absolute atomic E-state index is 0.0813.